The van der Waals surface area contributed by atoms with E-state index in [1.165, 1.54) is 27.2 Å². The van der Waals surface area contributed by atoms with E-state index < -0.39 is 0 Å². The van der Waals surface area contributed by atoms with E-state index in [-0.39, 0.29) is 17.2 Å². The highest BCUT2D eigenvalue weighted by Crippen LogP contribution is 2.36. The Morgan fingerprint density at radius 1 is 1.30 bits per heavy atom. The van der Waals surface area contributed by atoms with Gasteiger partial charge in [0.05, 0.1) is 23.4 Å². The Labute approximate surface area is 201 Å². The third-order valence-corrected chi connectivity index (χ3v) is 8.32. The maximum Gasteiger partial charge on any atom is 0.263 e. The van der Waals surface area contributed by atoms with Crippen molar-refractivity contribution in [2.45, 2.75) is 44.3 Å². The van der Waals surface area contributed by atoms with E-state index in [0.29, 0.717) is 24.2 Å². The molecule has 5 rings (SSSR count). The summed E-state index contributed by atoms with van der Waals surface area (Å²) in [5.74, 6) is 0.738. The second-order valence-electron chi connectivity index (χ2n) is 8.60. The number of carbonyl (C=O) groups excluding carboxylic acids is 1. The molecule has 0 fully saturated rings. The van der Waals surface area contributed by atoms with E-state index in [1.807, 2.05) is 30.3 Å². The first-order chi connectivity index (χ1) is 16.0. The standard InChI is InChI=1S/C25H26N4O2S2/c1-3-12-28-24(31)22-18-10-9-16(2)14-20(18)33-23(22)26-25(28)32-15-21(30)29-13-11-19(27-29)17-7-5-4-6-8-17/h3-8,16H,1,9-15H2,2H3. The molecule has 0 N–H and O–H groups in total. The van der Waals surface area contributed by atoms with Gasteiger partial charge in [0.1, 0.15) is 4.83 Å². The van der Waals surface area contributed by atoms with E-state index in [2.05, 4.69) is 18.6 Å². The number of nitrogens with zero attached hydrogens (tertiary/aromatic N) is 4. The van der Waals surface area contributed by atoms with E-state index in [1.54, 1.807) is 22.0 Å². The number of amides is 1. The van der Waals surface area contributed by atoms with Gasteiger partial charge in [-0.2, -0.15) is 5.10 Å². The van der Waals surface area contributed by atoms with E-state index >= 15 is 0 Å². The van der Waals surface area contributed by atoms with Crippen LogP contribution in [0.15, 0.2) is 58.0 Å². The Morgan fingerprint density at radius 2 is 2.12 bits per heavy atom. The van der Waals surface area contributed by atoms with Gasteiger partial charge >= 0.3 is 0 Å². The van der Waals surface area contributed by atoms with Gasteiger partial charge in [-0.15, -0.1) is 17.9 Å². The van der Waals surface area contributed by atoms with E-state index in [4.69, 9.17) is 4.98 Å². The number of thioether (sulfide) groups is 1. The molecule has 0 saturated heterocycles. The summed E-state index contributed by atoms with van der Waals surface area (Å²) in [6.45, 7) is 7.02. The number of fused-ring (bicyclic) bond motifs is 3. The second kappa shape index (κ2) is 9.27. The van der Waals surface area contributed by atoms with Crippen LogP contribution in [0.5, 0.6) is 0 Å². The lowest BCUT2D eigenvalue weighted by Crippen LogP contribution is -2.27. The van der Waals surface area contributed by atoms with Gasteiger partial charge in [-0.25, -0.2) is 9.99 Å². The van der Waals surface area contributed by atoms with Crippen molar-refractivity contribution in [3.63, 3.8) is 0 Å². The van der Waals surface area contributed by atoms with Crippen LogP contribution in [0.2, 0.25) is 0 Å². The van der Waals surface area contributed by atoms with Gasteiger partial charge in [0.25, 0.3) is 11.5 Å². The maximum absolute atomic E-state index is 13.4. The summed E-state index contributed by atoms with van der Waals surface area (Å²) in [5, 5.41) is 7.40. The number of hydrogen-bond acceptors (Lipinski definition) is 6. The largest absolute Gasteiger partial charge is 0.283 e. The summed E-state index contributed by atoms with van der Waals surface area (Å²) in [7, 11) is 0. The minimum atomic E-state index is -0.0790. The molecule has 170 valence electrons. The zero-order valence-corrected chi connectivity index (χ0v) is 20.3. The molecule has 0 radical (unpaired) electrons. The van der Waals surface area contributed by atoms with Crippen LogP contribution >= 0.6 is 23.1 Å². The zero-order chi connectivity index (χ0) is 22.9. The fourth-order valence-corrected chi connectivity index (χ4v) is 6.78. The molecule has 1 aromatic carbocycles. The predicted molar refractivity (Wildman–Crippen MR) is 135 cm³/mol. The predicted octanol–water partition coefficient (Wildman–Crippen LogP) is 4.50. The molecular formula is C25H26N4O2S2. The van der Waals surface area contributed by atoms with Crippen molar-refractivity contribution in [2.24, 2.45) is 11.0 Å². The first kappa shape index (κ1) is 22.1. The van der Waals surface area contributed by atoms with Crippen LogP contribution in [0.1, 0.15) is 35.8 Å². The summed E-state index contributed by atoms with van der Waals surface area (Å²) in [5.41, 5.74) is 3.13. The van der Waals surface area contributed by atoms with Crippen LogP contribution in [0.25, 0.3) is 10.2 Å². The molecule has 2 aliphatic rings. The van der Waals surface area contributed by atoms with Gasteiger partial charge in [-0.3, -0.25) is 14.2 Å². The smallest absolute Gasteiger partial charge is 0.263 e. The molecule has 6 nitrogen and oxygen atoms in total. The number of allylic oxidation sites excluding steroid dienone is 1. The Bertz CT molecular complexity index is 1310. The Kier molecular flexibility index (Phi) is 6.21. The molecular weight excluding hydrogens is 452 g/mol. The van der Waals surface area contributed by atoms with Gasteiger partial charge in [0.2, 0.25) is 0 Å². The molecule has 33 heavy (non-hydrogen) atoms. The monoisotopic (exact) mass is 478 g/mol. The van der Waals surface area contributed by atoms with Crippen molar-refractivity contribution in [2.75, 3.05) is 12.3 Å². The number of aromatic nitrogens is 2. The first-order valence-electron chi connectivity index (χ1n) is 11.3. The molecule has 1 aliphatic heterocycles. The molecule has 0 saturated carbocycles. The molecule has 0 bridgehead atoms. The van der Waals surface area contributed by atoms with Gasteiger partial charge in [-0.1, -0.05) is 55.1 Å². The average molecular weight is 479 g/mol. The van der Waals surface area contributed by atoms with Gasteiger partial charge < -0.3 is 0 Å². The summed E-state index contributed by atoms with van der Waals surface area (Å²) in [6.07, 6.45) is 5.49. The highest BCUT2D eigenvalue weighted by Gasteiger charge is 2.26. The number of hydrazone groups is 1. The number of hydrogen-bond donors (Lipinski definition) is 0. The normalized spacial score (nSPS) is 17.8. The average Bonchev–Trinajstić information content (AvgIpc) is 3.45. The minimum Gasteiger partial charge on any atom is -0.283 e. The number of benzene rings is 1. The van der Waals surface area contributed by atoms with Crippen molar-refractivity contribution in [1.29, 1.82) is 0 Å². The summed E-state index contributed by atoms with van der Waals surface area (Å²) < 4.78 is 1.65. The van der Waals surface area contributed by atoms with Crippen LogP contribution in [-0.2, 0) is 24.2 Å². The van der Waals surface area contributed by atoms with Crippen molar-refractivity contribution in [3.8, 4) is 0 Å². The lowest BCUT2D eigenvalue weighted by molar-refractivity contribution is -0.127. The second-order valence-corrected chi connectivity index (χ2v) is 10.6. The Hall–Kier alpha value is -2.71. The van der Waals surface area contributed by atoms with Crippen molar-refractivity contribution < 1.29 is 4.79 Å². The Balaban J connectivity index is 1.39. The first-order valence-corrected chi connectivity index (χ1v) is 13.1. The quantitative estimate of drug-likeness (QED) is 0.297. The summed E-state index contributed by atoms with van der Waals surface area (Å²) in [4.78, 5) is 33.2. The highest BCUT2D eigenvalue weighted by atomic mass is 32.2. The third-order valence-electron chi connectivity index (χ3n) is 6.21. The fourth-order valence-electron chi connectivity index (χ4n) is 4.48. The molecule has 1 atom stereocenters. The fraction of sp³-hybridized carbons (Fsp3) is 0.360. The lowest BCUT2D eigenvalue weighted by Gasteiger charge is -2.17. The minimum absolute atomic E-state index is 0.0209. The molecule has 1 unspecified atom stereocenters. The number of rotatable bonds is 6. The van der Waals surface area contributed by atoms with E-state index in [9.17, 15) is 9.59 Å². The summed E-state index contributed by atoms with van der Waals surface area (Å²) in [6, 6.07) is 9.94. The molecule has 3 heterocycles. The van der Waals surface area contributed by atoms with Gasteiger partial charge in [-0.05, 0) is 36.3 Å². The van der Waals surface area contributed by atoms with Crippen LogP contribution in [0.3, 0.4) is 0 Å². The van der Waals surface area contributed by atoms with Gasteiger partial charge in [0, 0.05) is 17.8 Å². The van der Waals surface area contributed by atoms with Crippen LogP contribution < -0.4 is 5.56 Å². The third kappa shape index (κ3) is 4.29. The Morgan fingerprint density at radius 3 is 2.91 bits per heavy atom. The maximum atomic E-state index is 13.4. The lowest BCUT2D eigenvalue weighted by atomic mass is 9.89. The molecule has 0 spiro atoms. The van der Waals surface area contributed by atoms with Crippen LogP contribution in [0, 0.1) is 5.92 Å². The number of carbonyl (C=O) groups is 1. The SMILES string of the molecule is C=CCn1c(SCC(=O)N2CCC(c3ccccc3)=N2)nc2sc3c(c2c1=O)CCC(C)C3. The number of aryl methyl sites for hydroxylation is 1. The van der Waals surface area contributed by atoms with Crippen molar-refractivity contribution in [3.05, 3.63) is 69.3 Å². The van der Waals surface area contributed by atoms with Crippen molar-refractivity contribution >= 4 is 44.9 Å². The zero-order valence-electron chi connectivity index (χ0n) is 18.6. The van der Waals surface area contributed by atoms with Crippen LogP contribution in [0.4, 0.5) is 0 Å². The van der Waals surface area contributed by atoms with Gasteiger partial charge in [0.15, 0.2) is 5.16 Å². The molecule has 1 amide bonds. The molecule has 2 aromatic heterocycles. The molecule has 1 aliphatic carbocycles. The molecule has 3 aromatic rings. The molecule has 8 heteroatoms. The highest BCUT2D eigenvalue weighted by molar-refractivity contribution is 7.99. The summed E-state index contributed by atoms with van der Waals surface area (Å²) >= 11 is 2.94. The topological polar surface area (TPSA) is 67.6 Å². The number of thiophene rings is 1. The van der Waals surface area contributed by atoms with Crippen LogP contribution in [-0.4, -0.2) is 38.5 Å². The van der Waals surface area contributed by atoms with Crippen molar-refractivity contribution in [1.82, 2.24) is 14.6 Å². The van der Waals surface area contributed by atoms with E-state index in [0.717, 1.165) is 47.2 Å².